The molecule has 0 bridgehead atoms. The molecule has 13 heavy (non-hydrogen) atoms. The Morgan fingerprint density at radius 1 is 1.31 bits per heavy atom. The number of rotatable bonds is 1. The van der Waals surface area contributed by atoms with Gasteiger partial charge in [0, 0.05) is 0 Å². The van der Waals surface area contributed by atoms with Gasteiger partial charge in [0.15, 0.2) is 5.79 Å². The summed E-state index contributed by atoms with van der Waals surface area (Å²) < 4.78 is 12.0. The van der Waals surface area contributed by atoms with Gasteiger partial charge in [-0.2, -0.15) is 0 Å². The van der Waals surface area contributed by atoms with Crippen molar-refractivity contribution < 1.29 is 9.47 Å². The van der Waals surface area contributed by atoms with Crippen LogP contribution in [0.4, 0.5) is 0 Å². The third kappa shape index (κ3) is 1.50. The molecule has 2 nitrogen and oxygen atoms in total. The van der Waals surface area contributed by atoms with Gasteiger partial charge in [0.1, 0.15) is 0 Å². The molecule has 76 valence electrons. The monoisotopic (exact) mass is 184 g/mol. The molecule has 2 atom stereocenters. The molecule has 2 aliphatic rings. The van der Waals surface area contributed by atoms with Crippen LogP contribution in [0, 0.1) is 0 Å². The molecule has 0 aromatic rings. The Morgan fingerprint density at radius 2 is 2.08 bits per heavy atom. The Labute approximate surface area is 80.6 Å². The molecule has 0 N–H and O–H groups in total. The second kappa shape index (κ2) is 2.96. The van der Waals surface area contributed by atoms with E-state index in [1.165, 1.54) is 25.7 Å². The first-order valence-corrected chi connectivity index (χ1v) is 5.46. The van der Waals surface area contributed by atoms with Crippen LogP contribution < -0.4 is 0 Å². The lowest BCUT2D eigenvalue weighted by molar-refractivity contribution is -0.164. The van der Waals surface area contributed by atoms with Crippen molar-refractivity contribution in [1.82, 2.24) is 0 Å². The zero-order valence-corrected chi connectivity index (χ0v) is 8.93. The molecule has 0 spiro atoms. The normalized spacial score (nSPS) is 43.2. The van der Waals surface area contributed by atoms with E-state index in [4.69, 9.17) is 9.47 Å². The summed E-state index contributed by atoms with van der Waals surface area (Å²) in [5.74, 6) is -0.356. The van der Waals surface area contributed by atoms with Gasteiger partial charge in [0.05, 0.1) is 11.7 Å². The highest BCUT2D eigenvalue weighted by Gasteiger charge is 2.52. The van der Waals surface area contributed by atoms with Crippen LogP contribution in [0.5, 0.6) is 0 Å². The Bertz CT molecular complexity index is 200. The zero-order chi connectivity index (χ0) is 9.53. The molecule has 0 radical (unpaired) electrons. The molecule has 1 saturated heterocycles. The summed E-state index contributed by atoms with van der Waals surface area (Å²) in [7, 11) is 0. The minimum Gasteiger partial charge on any atom is -0.344 e. The van der Waals surface area contributed by atoms with Crippen molar-refractivity contribution in [2.45, 2.75) is 70.4 Å². The van der Waals surface area contributed by atoms with E-state index in [9.17, 15) is 0 Å². The number of fused-ring (bicyclic) bond motifs is 1. The molecule has 2 unspecified atom stereocenters. The highest BCUT2D eigenvalue weighted by Crippen LogP contribution is 2.46. The van der Waals surface area contributed by atoms with Gasteiger partial charge >= 0.3 is 0 Å². The highest BCUT2D eigenvalue weighted by atomic mass is 16.8. The van der Waals surface area contributed by atoms with Crippen LogP contribution in [-0.2, 0) is 9.47 Å². The molecule has 2 fully saturated rings. The lowest BCUT2D eigenvalue weighted by Gasteiger charge is -2.35. The highest BCUT2D eigenvalue weighted by molar-refractivity contribution is 4.97. The minimum absolute atomic E-state index is 0.0434. The van der Waals surface area contributed by atoms with Crippen LogP contribution >= 0.6 is 0 Å². The topological polar surface area (TPSA) is 18.5 Å². The second-order valence-electron chi connectivity index (χ2n) is 4.77. The summed E-state index contributed by atoms with van der Waals surface area (Å²) in [6.07, 6.45) is 6.38. The average molecular weight is 184 g/mol. The fourth-order valence-corrected chi connectivity index (χ4v) is 2.79. The van der Waals surface area contributed by atoms with Gasteiger partial charge in [-0.05, 0) is 33.1 Å². The summed E-state index contributed by atoms with van der Waals surface area (Å²) in [6.45, 7) is 6.27. The summed E-state index contributed by atoms with van der Waals surface area (Å²) in [5.41, 5.74) is 0.0434. The van der Waals surface area contributed by atoms with Gasteiger partial charge in [-0.25, -0.2) is 0 Å². The molecule has 1 heterocycles. The third-order valence-corrected chi connectivity index (χ3v) is 3.38. The Morgan fingerprint density at radius 3 is 2.69 bits per heavy atom. The van der Waals surface area contributed by atoms with Gasteiger partial charge in [0.25, 0.3) is 0 Å². The van der Waals surface area contributed by atoms with E-state index in [1.54, 1.807) is 0 Å². The van der Waals surface area contributed by atoms with E-state index in [0.717, 1.165) is 6.42 Å². The van der Waals surface area contributed by atoms with Crippen LogP contribution in [-0.4, -0.2) is 17.5 Å². The molecule has 0 aromatic carbocycles. The van der Waals surface area contributed by atoms with Crippen molar-refractivity contribution in [3.63, 3.8) is 0 Å². The lowest BCUT2D eigenvalue weighted by atomic mass is 9.80. The van der Waals surface area contributed by atoms with E-state index in [0.29, 0.717) is 6.10 Å². The molecule has 1 saturated carbocycles. The van der Waals surface area contributed by atoms with E-state index >= 15 is 0 Å². The first kappa shape index (κ1) is 9.47. The van der Waals surface area contributed by atoms with E-state index in [-0.39, 0.29) is 11.4 Å². The largest absolute Gasteiger partial charge is 0.344 e. The van der Waals surface area contributed by atoms with Crippen LogP contribution in [0.3, 0.4) is 0 Å². The van der Waals surface area contributed by atoms with Gasteiger partial charge in [-0.15, -0.1) is 0 Å². The summed E-state index contributed by atoms with van der Waals surface area (Å²) >= 11 is 0. The average Bonchev–Trinajstić information content (AvgIpc) is 2.35. The van der Waals surface area contributed by atoms with Crippen molar-refractivity contribution in [2.75, 3.05) is 0 Å². The molecular weight excluding hydrogens is 164 g/mol. The molecule has 2 rings (SSSR count). The Balaban J connectivity index is 2.19. The van der Waals surface area contributed by atoms with Crippen molar-refractivity contribution >= 4 is 0 Å². The van der Waals surface area contributed by atoms with Gasteiger partial charge in [0.2, 0.25) is 0 Å². The van der Waals surface area contributed by atoms with Gasteiger partial charge < -0.3 is 9.47 Å². The fourth-order valence-electron chi connectivity index (χ4n) is 2.79. The molecule has 2 heteroatoms. The van der Waals surface area contributed by atoms with Gasteiger partial charge in [-0.1, -0.05) is 19.8 Å². The van der Waals surface area contributed by atoms with E-state index < -0.39 is 0 Å². The fraction of sp³-hybridized carbons (Fsp3) is 1.00. The maximum Gasteiger partial charge on any atom is 0.164 e. The van der Waals surface area contributed by atoms with E-state index in [1.807, 2.05) is 13.8 Å². The first-order chi connectivity index (χ1) is 6.08. The van der Waals surface area contributed by atoms with Crippen LogP contribution in [0.2, 0.25) is 0 Å². The van der Waals surface area contributed by atoms with E-state index in [2.05, 4.69) is 6.92 Å². The summed E-state index contributed by atoms with van der Waals surface area (Å²) in [6, 6.07) is 0. The predicted octanol–water partition coefficient (Wildman–Crippen LogP) is 2.86. The number of hydrogen-bond donors (Lipinski definition) is 0. The summed E-state index contributed by atoms with van der Waals surface area (Å²) in [5, 5.41) is 0. The minimum atomic E-state index is -0.356. The predicted molar refractivity (Wildman–Crippen MR) is 51.5 cm³/mol. The summed E-state index contributed by atoms with van der Waals surface area (Å²) in [4.78, 5) is 0. The molecular formula is C11H20O2. The molecule has 0 amide bonds. The maximum atomic E-state index is 6.07. The van der Waals surface area contributed by atoms with Crippen molar-refractivity contribution in [2.24, 2.45) is 0 Å². The van der Waals surface area contributed by atoms with Crippen LogP contribution in [0.1, 0.15) is 52.9 Å². The Hall–Kier alpha value is -0.0800. The smallest absolute Gasteiger partial charge is 0.164 e. The first-order valence-electron chi connectivity index (χ1n) is 5.46. The molecule has 0 aromatic heterocycles. The van der Waals surface area contributed by atoms with Crippen molar-refractivity contribution in [3.05, 3.63) is 0 Å². The standard InChI is InChI=1S/C11H20O2/c1-4-11-8-6-5-7-9(11)12-10(2,3)13-11/h9H,4-8H2,1-3H3. The zero-order valence-electron chi connectivity index (χ0n) is 8.93. The lowest BCUT2D eigenvalue weighted by Crippen LogP contribution is -2.42. The van der Waals surface area contributed by atoms with Gasteiger partial charge in [-0.3, -0.25) is 0 Å². The molecule has 1 aliphatic heterocycles. The number of ether oxygens (including phenoxy) is 2. The second-order valence-corrected chi connectivity index (χ2v) is 4.77. The van der Waals surface area contributed by atoms with Crippen LogP contribution in [0.15, 0.2) is 0 Å². The van der Waals surface area contributed by atoms with Crippen LogP contribution in [0.25, 0.3) is 0 Å². The third-order valence-electron chi connectivity index (χ3n) is 3.38. The SMILES string of the molecule is CCC12CCCCC1OC(C)(C)O2. The Kier molecular flexibility index (Phi) is 2.16. The van der Waals surface area contributed by atoms with Crippen molar-refractivity contribution in [1.29, 1.82) is 0 Å². The maximum absolute atomic E-state index is 6.07. The van der Waals surface area contributed by atoms with Crippen molar-refractivity contribution in [3.8, 4) is 0 Å². The quantitative estimate of drug-likeness (QED) is 0.624. The molecule has 1 aliphatic carbocycles. The number of hydrogen-bond acceptors (Lipinski definition) is 2.